The summed E-state index contributed by atoms with van der Waals surface area (Å²) in [7, 11) is 0. The second-order valence-electron chi connectivity index (χ2n) is 4.52. The van der Waals surface area contributed by atoms with Crippen molar-refractivity contribution >= 4 is 11.9 Å². The summed E-state index contributed by atoms with van der Waals surface area (Å²) in [5.74, 6) is -3.71. The van der Waals surface area contributed by atoms with Crippen molar-refractivity contribution in [3.63, 3.8) is 0 Å². The Morgan fingerprint density at radius 3 is 2.45 bits per heavy atom. The normalized spacial score (nSPS) is 10.3. The van der Waals surface area contributed by atoms with Crippen molar-refractivity contribution in [3.05, 3.63) is 59.2 Å². The van der Waals surface area contributed by atoms with Crippen LogP contribution < -0.4 is 5.32 Å². The molecule has 0 heterocycles. The molecule has 4 nitrogen and oxygen atoms in total. The van der Waals surface area contributed by atoms with E-state index in [0.29, 0.717) is 6.54 Å². The molecule has 2 aromatic carbocycles. The van der Waals surface area contributed by atoms with Gasteiger partial charge in [0.25, 0.3) is 5.91 Å². The molecule has 0 spiro atoms. The third kappa shape index (κ3) is 2.95. The fourth-order valence-corrected chi connectivity index (χ4v) is 2.10. The molecule has 0 unspecified atom stereocenters. The lowest BCUT2D eigenvalue weighted by atomic mass is 9.98. The number of rotatable bonds is 4. The smallest absolute Gasteiger partial charge is 0.339 e. The Morgan fingerprint density at radius 2 is 1.86 bits per heavy atom. The van der Waals surface area contributed by atoms with Crippen molar-refractivity contribution in [1.82, 2.24) is 5.32 Å². The molecule has 0 saturated carbocycles. The lowest BCUT2D eigenvalue weighted by Crippen LogP contribution is -2.23. The summed E-state index contributed by atoms with van der Waals surface area (Å²) in [5, 5.41) is 11.6. The third-order valence-electron chi connectivity index (χ3n) is 3.09. The lowest BCUT2D eigenvalue weighted by Gasteiger charge is -2.09. The maximum Gasteiger partial charge on any atom is 0.339 e. The number of aromatic carboxylic acids is 1. The minimum atomic E-state index is -1.44. The molecule has 0 atom stereocenters. The van der Waals surface area contributed by atoms with Crippen LogP contribution in [0.3, 0.4) is 0 Å². The molecule has 6 heteroatoms. The average molecular weight is 305 g/mol. The Balaban J connectivity index is 2.52. The van der Waals surface area contributed by atoms with Gasteiger partial charge in [0.05, 0.1) is 5.56 Å². The minimum absolute atomic E-state index is 0.0499. The van der Waals surface area contributed by atoms with Gasteiger partial charge in [0, 0.05) is 6.54 Å². The monoisotopic (exact) mass is 305 g/mol. The van der Waals surface area contributed by atoms with Crippen LogP contribution >= 0.6 is 0 Å². The molecule has 0 aliphatic rings. The molecular weight excluding hydrogens is 292 g/mol. The zero-order chi connectivity index (χ0) is 16.3. The molecule has 0 bridgehead atoms. The predicted octanol–water partition coefficient (Wildman–Crippen LogP) is 3.08. The van der Waals surface area contributed by atoms with Crippen molar-refractivity contribution in [2.75, 3.05) is 6.54 Å². The molecule has 0 aliphatic carbocycles. The van der Waals surface area contributed by atoms with Crippen molar-refractivity contribution in [1.29, 1.82) is 0 Å². The molecule has 22 heavy (non-hydrogen) atoms. The summed E-state index contributed by atoms with van der Waals surface area (Å²) in [6.45, 7) is 2.06. The Labute approximate surface area is 125 Å². The highest BCUT2D eigenvalue weighted by Gasteiger charge is 2.18. The summed E-state index contributed by atoms with van der Waals surface area (Å²) in [6, 6.07) is 7.39. The van der Waals surface area contributed by atoms with Crippen LogP contribution in [0, 0.1) is 11.6 Å². The first-order valence-corrected chi connectivity index (χ1v) is 6.55. The average Bonchev–Trinajstić information content (AvgIpc) is 2.46. The van der Waals surface area contributed by atoms with Crippen LogP contribution in [0.25, 0.3) is 11.1 Å². The summed E-state index contributed by atoms with van der Waals surface area (Å²) in [6.07, 6.45) is 0. The SMILES string of the molecule is CCNC(=O)c1ccc(-c2cccc(F)c2C(=O)O)cc1F. The molecule has 0 fully saturated rings. The first-order chi connectivity index (χ1) is 10.5. The molecule has 0 radical (unpaired) electrons. The first kappa shape index (κ1) is 15.6. The minimum Gasteiger partial charge on any atom is -0.478 e. The fourth-order valence-electron chi connectivity index (χ4n) is 2.10. The maximum absolute atomic E-state index is 14.0. The van der Waals surface area contributed by atoms with Crippen molar-refractivity contribution in [3.8, 4) is 11.1 Å². The number of amides is 1. The molecule has 1 amide bonds. The van der Waals surface area contributed by atoms with Crippen LogP contribution in [-0.4, -0.2) is 23.5 Å². The third-order valence-corrected chi connectivity index (χ3v) is 3.09. The van der Waals surface area contributed by atoms with E-state index in [1.54, 1.807) is 6.92 Å². The molecule has 2 rings (SSSR count). The summed E-state index contributed by atoms with van der Waals surface area (Å²) >= 11 is 0. The maximum atomic E-state index is 14.0. The second kappa shape index (κ2) is 6.34. The highest BCUT2D eigenvalue weighted by molar-refractivity contribution is 5.98. The number of carboxylic acids is 1. The predicted molar refractivity (Wildman–Crippen MR) is 76.8 cm³/mol. The number of hydrogen-bond donors (Lipinski definition) is 2. The highest BCUT2D eigenvalue weighted by atomic mass is 19.1. The van der Waals surface area contributed by atoms with E-state index in [4.69, 9.17) is 5.11 Å². The van der Waals surface area contributed by atoms with Crippen molar-refractivity contribution < 1.29 is 23.5 Å². The molecule has 0 aliphatic heterocycles. The van der Waals surface area contributed by atoms with Crippen LogP contribution in [-0.2, 0) is 0 Å². The molecule has 2 N–H and O–H groups in total. The molecule has 114 valence electrons. The van der Waals surface area contributed by atoms with Crippen LogP contribution in [0.5, 0.6) is 0 Å². The number of carbonyl (C=O) groups excluding carboxylic acids is 1. The van der Waals surface area contributed by atoms with E-state index < -0.39 is 29.1 Å². The van der Waals surface area contributed by atoms with E-state index in [1.165, 1.54) is 24.3 Å². The first-order valence-electron chi connectivity index (χ1n) is 6.55. The number of carboxylic acid groups (broad SMARTS) is 1. The molecule has 0 aromatic heterocycles. The van der Waals surface area contributed by atoms with E-state index in [-0.39, 0.29) is 16.7 Å². The number of hydrogen-bond acceptors (Lipinski definition) is 2. The Kier molecular flexibility index (Phi) is 4.50. The topological polar surface area (TPSA) is 66.4 Å². The van der Waals surface area contributed by atoms with Gasteiger partial charge in [-0.1, -0.05) is 18.2 Å². The number of carbonyl (C=O) groups is 2. The van der Waals surface area contributed by atoms with Gasteiger partial charge < -0.3 is 10.4 Å². The van der Waals surface area contributed by atoms with Gasteiger partial charge >= 0.3 is 5.97 Å². The molecule has 0 saturated heterocycles. The van der Waals surface area contributed by atoms with E-state index in [1.807, 2.05) is 0 Å². The zero-order valence-electron chi connectivity index (χ0n) is 11.7. The van der Waals surface area contributed by atoms with Gasteiger partial charge in [0.1, 0.15) is 17.2 Å². The van der Waals surface area contributed by atoms with E-state index in [9.17, 15) is 18.4 Å². The molecular formula is C16H13F2NO3. The van der Waals surface area contributed by atoms with Gasteiger partial charge in [0.2, 0.25) is 0 Å². The van der Waals surface area contributed by atoms with Gasteiger partial charge in [-0.05, 0) is 36.2 Å². The van der Waals surface area contributed by atoms with Crippen LogP contribution in [0.4, 0.5) is 8.78 Å². The number of benzene rings is 2. The van der Waals surface area contributed by atoms with Gasteiger partial charge in [0.15, 0.2) is 0 Å². The summed E-state index contributed by atoms with van der Waals surface area (Å²) in [5.41, 5.74) is -0.456. The number of nitrogens with one attached hydrogen (secondary N) is 1. The van der Waals surface area contributed by atoms with Crippen molar-refractivity contribution in [2.45, 2.75) is 6.92 Å². The van der Waals surface area contributed by atoms with E-state index in [2.05, 4.69) is 5.32 Å². The lowest BCUT2D eigenvalue weighted by molar-refractivity contribution is 0.0692. The zero-order valence-corrected chi connectivity index (χ0v) is 11.7. The van der Waals surface area contributed by atoms with Gasteiger partial charge in [-0.25, -0.2) is 13.6 Å². The van der Waals surface area contributed by atoms with Gasteiger partial charge in [-0.2, -0.15) is 0 Å². The number of halogens is 2. The Hall–Kier alpha value is -2.76. The van der Waals surface area contributed by atoms with Crippen LogP contribution in [0.1, 0.15) is 27.6 Å². The second-order valence-corrected chi connectivity index (χ2v) is 4.52. The summed E-state index contributed by atoms with van der Waals surface area (Å²) < 4.78 is 27.7. The quantitative estimate of drug-likeness (QED) is 0.912. The van der Waals surface area contributed by atoms with Gasteiger partial charge in [-0.15, -0.1) is 0 Å². The van der Waals surface area contributed by atoms with Crippen LogP contribution in [0.2, 0.25) is 0 Å². The van der Waals surface area contributed by atoms with Crippen molar-refractivity contribution in [2.24, 2.45) is 0 Å². The molecule has 2 aromatic rings. The van der Waals surface area contributed by atoms with Gasteiger partial charge in [-0.3, -0.25) is 4.79 Å². The highest BCUT2D eigenvalue weighted by Crippen LogP contribution is 2.27. The van der Waals surface area contributed by atoms with E-state index in [0.717, 1.165) is 12.1 Å². The summed E-state index contributed by atoms with van der Waals surface area (Å²) in [4.78, 5) is 22.8. The Morgan fingerprint density at radius 1 is 1.14 bits per heavy atom. The fraction of sp³-hybridized carbons (Fsp3) is 0.125. The van der Waals surface area contributed by atoms with Crippen LogP contribution in [0.15, 0.2) is 36.4 Å². The Bertz CT molecular complexity index is 744. The largest absolute Gasteiger partial charge is 0.478 e. The van der Waals surface area contributed by atoms with E-state index >= 15 is 0 Å². The standard InChI is InChI=1S/C16H13F2NO3/c1-2-19-15(20)11-7-6-9(8-13(11)18)10-4-3-5-12(17)14(10)16(21)22/h3-8H,2H2,1H3,(H,19,20)(H,21,22).